The predicted molar refractivity (Wildman–Crippen MR) is 131 cm³/mol. The summed E-state index contributed by atoms with van der Waals surface area (Å²) in [6, 6.07) is 5.39. The highest BCUT2D eigenvalue weighted by atomic mass is 16.6. The lowest BCUT2D eigenvalue weighted by Crippen LogP contribution is -2.22. The summed E-state index contributed by atoms with van der Waals surface area (Å²) in [5.41, 5.74) is 0.283. The highest BCUT2D eigenvalue weighted by molar-refractivity contribution is 5.90. The number of hydrogen-bond donors (Lipinski definition) is 0. The van der Waals surface area contributed by atoms with E-state index in [0.29, 0.717) is 16.7 Å². The Balaban J connectivity index is 3.20. The third kappa shape index (κ3) is 13.8. The van der Waals surface area contributed by atoms with E-state index in [0.717, 1.165) is 0 Å². The third-order valence-corrected chi connectivity index (χ3v) is 3.46. The summed E-state index contributed by atoms with van der Waals surface area (Å²) < 4.78 is 15.9. The maximum atomic E-state index is 12.0. The van der Waals surface area contributed by atoms with Crippen LogP contribution in [-0.4, -0.2) is 34.7 Å². The van der Waals surface area contributed by atoms with Crippen molar-refractivity contribution >= 4 is 36.1 Å². The van der Waals surface area contributed by atoms with Gasteiger partial charge in [0.15, 0.2) is 0 Å². The molecule has 6 heteroatoms. The van der Waals surface area contributed by atoms with Gasteiger partial charge in [-0.3, -0.25) is 0 Å². The SMILES string of the molecule is CC(C)(C)OC(=O)/C=C/c1cc(/C=C/C(=O)OC(C)(C)C)cc(/C=C/C(=O)OC(C)(C)C)c1. The zero-order valence-electron chi connectivity index (χ0n) is 21.1. The predicted octanol–water partition coefficient (Wildman–Crippen LogP) is 5.75. The summed E-state index contributed by atoms with van der Waals surface area (Å²) >= 11 is 0. The molecule has 0 saturated carbocycles. The van der Waals surface area contributed by atoms with Crippen LogP contribution in [0.2, 0.25) is 0 Å². The first-order valence-electron chi connectivity index (χ1n) is 10.8. The molecule has 180 valence electrons. The van der Waals surface area contributed by atoms with Gasteiger partial charge >= 0.3 is 17.9 Å². The van der Waals surface area contributed by atoms with Crippen molar-refractivity contribution in [3.05, 3.63) is 53.1 Å². The molecule has 0 aromatic heterocycles. The highest BCUT2D eigenvalue weighted by Gasteiger charge is 2.15. The molecule has 0 heterocycles. The quantitative estimate of drug-likeness (QED) is 0.308. The second-order valence-corrected chi connectivity index (χ2v) is 10.5. The monoisotopic (exact) mass is 456 g/mol. The van der Waals surface area contributed by atoms with Gasteiger partial charge in [-0.25, -0.2) is 14.4 Å². The summed E-state index contributed by atoms with van der Waals surface area (Å²) in [6.07, 6.45) is 8.85. The standard InChI is InChI=1S/C27H36O6/c1-25(2,3)31-22(28)13-10-19-16-20(11-14-23(29)32-26(4,5)6)18-21(17-19)12-15-24(30)33-27(7,8)9/h10-18H,1-9H3/b13-10+,14-11+,15-12+. The topological polar surface area (TPSA) is 78.9 Å². The molecule has 0 aliphatic carbocycles. The minimum atomic E-state index is -0.596. The first-order chi connectivity index (χ1) is 14.9. The second kappa shape index (κ2) is 11.1. The second-order valence-electron chi connectivity index (χ2n) is 10.5. The van der Waals surface area contributed by atoms with Crippen LogP contribution in [-0.2, 0) is 28.6 Å². The van der Waals surface area contributed by atoms with Crippen LogP contribution >= 0.6 is 0 Å². The van der Waals surface area contributed by atoms with Crippen LogP contribution in [0, 0.1) is 0 Å². The number of ether oxygens (including phenoxy) is 3. The van der Waals surface area contributed by atoms with Gasteiger partial charge in [0, 0.05) is 18.2 Å². The molecule has 0 unspecified atom stereocenters. The molecule has 33 heavy (non-hydrogen) atoms. The van der Waals surface area contributed by atoms with Crippen LogP contribution in [0.25, 0.3) is 18.2 Å². The van der Waals surface area contributed by atoms with Gasteiger partial charge < -0.3 is 14.2 Å². The van der Waals surface area contributed by atoms with E-state index in [-0.39, 0.29) is 0 Å². The number of rotatable bonds is 6. The number of carbonyl (C=O) groups excluding carboxylic acids is 3. The molecule has 1 aromatic carbocycles. The van der Waals surface area contributed by atoms with Crippen molar-refractivity contribution in [1.82, 2.24) is 0 Å². The van der Waals surface area contributed by atoms with Crippen molar-refractivity contribution in [2.24, 2.45) is 0 Å². The van der Waals surface area contributed by atoms with Crippen LogP contribution in [0.4, 0.5) is 0 Å². The van der Waals surface area contributed by atoms with Crippen molar-refractivity contribution in [3.63, 3.8) is 0 Å². The van der Waals surface area contributed by atoms with E-state index in [9.17, 15) is 14.4 Å². The number of carbonyl (C=O) groups is 3. The molecule has 6 nitrogen and oxygen atoms in total. The molecule has 0 spiro atoms. The van der Waals surface area contributed by atoms with Crippen molar-refractivity contribution in [3.8, 4) is 0 Å². The molecule has 0 bridgehead atoms. The van der Waals surface area contributed by atoms with Gasteiger partial charge in [-0.05, 0) is 115 Å². The Morgan fingerprint density at radius 1 is 0.515 bits per heavy atom. The molecule has 0 atom stereocenters. The molecular formula is C27H36O6. The average Bonchev–Trinajstić information content (AvgIpc) is 2.59. The fraction of sp³-hybridized carbons (Fsp3) is 0.444. The van der Waals surface area contributed by atoms with Gasteiger partial charge in [-0.15, -0.1) is 0 Å². The summed E-state index contributed by atoms with van der Waals surface area (Å²) in [5, 5.41) is 0. The van der Waals surface area contributed by atoms with E-state index in [1.165, 1.54) is 18.2 Å². The molecule has 0 fully saturated rings. The Morgan fingerprint density at radius 2 is 0.727 bits per heavy atom. The fourth-order valence-corrected chi connectivity index (χ4v) is 2.49. The molecule has 1 rings (SSSR count). The Morgan fingerprint density at radius 3 is 0.909 bits per heavy atom. The lowest BCUT2D eigenvalue weighted by Gasteiger charge is -2.18. The number of benzene rings is 1. The van der Waals surface area contributed by atoms with E-state index in [1.807, 2.05) is 0 Å². The van der Waals surface area contributed by atoms with Crippen molar-refractivity contribution in [2.75, 3.05) is 0 Å². The van der Waals surface area contributed by atoms with E-state index in [1.54, 1.807) is 98.7 Å². The zero-order valence-corrected chi connectivity index (χ0v) is 21.1. The summed E-state index contributed by atoms with van der Waals surface area (Å²) in [5.74, 6) is -1.41. The van der Waals surface area contributed by atoms with Gasteiger partial charge in [0.05, 0.1) is 0 Å². The minimum Gasteiger partial charge on any atom is -0.457 e. The Bertz CT molecular complexity index is 808. The molecule has 0 saturated heterocycles. The summed E-state index contributed by atoms with van der Waals surface area (Å²) in [4.78, 5) is 36.1. The van der Waals surface area contributed by atoms with Crippen LogP contribution in [0.3, 0.4) is 0 Å². The van der Waals surface area contributed by atoms with Crippen molar-refractivity contribution in [1.29, 1.82) is 0 Å². The van der Waals surface area contributed by atoms with Crippen molar-refractivity contribution < 1.29 is 28.6 Å². The fourth-order valence-electron chi connectivity index (χ4n) is 2.49. The van der Waals surface area contributed by atoms with Gasteiger partial charge in [0.2, 0.25) is 0 Å². The lowest BCUT2D eigenvalue weighted by atomic mass is 10.0. The highest BCUT2D eigenvalue weighted by Crippen LogP contribution is 2.17. The lowest BCUT2D eigenvalue weighted by molar-refractivity contribution is -0.149. The average molecular weight is 457 g/mol. The molecule has 0 aliphatic heterocycles. The molecule has 0 aliphatic rings. The van der Waals surface area contributed by atoms with Gasteiger partial charge in [0.1, 0.15) is 16.8 Å². The van der Waals surface area contributed by atoms with E-state index < -0.39 is 34.7 Å². The normalized spacial score (nSPS) is 13.0. The maximum absolute atomic E-state index is 12.0. The number of esters is 3. The van der Waals surface area contributed by atoms with Crippen LogP contribution < -0.4 is 0 Å². The number of hydrogen-bond acceptors (Lipinski definition) is 6. The van der Waals surface area contributed by atoms with Gasteiger partial charge in [-0.1, -0.05) is 0 Å². The molecular weight excluding hydrogens is 420 g/mol. The molecule has 0 N–H and O–H groups in total. The first kappa shape index (κ1) is 27.9. The summed E-state index contributed by atoms with van der Waals surface area (Å²) in [6.45, 7) is 16.1. The van der Waals surface area contributed by atoms with Gasteiger partial charge in [0.25, 0.3) is 0 Å². The van der Waals surface area contributed by atoms with Crippen LogP contribution in [0.1, 0.15) is 79.0 Å². The van der Waals surface area contributed by atoms with Crippen LogP contribution in [0.15, 0.2) is 36.4 Å². The first-order valence-corrected chi connectivity index (χ1v) is 10.8. The third-order valence-electron chi connectivity index (χ3n) is 3.46. The van der Waals surface area contributed by atoms with Crippen LogP contribution in [0.5, 0.6) is 0 Å². The zero-order chi connectivity index (χ0) is 25.4. The maximum Gasteiger partial charge on any atom is 0.331 e. The Kier molecular flexibility index (Phi) is 9.40. The Labute approximate surface area is 197 Å². The molecule has 0 radical (unpaired) electrons. The Hall–Kier alpha value is -3.15. The minimum absolute atomic E-state index is 0.469. The summed E-state index contributed by atoms with van der Waals surface area (Å²) in [7, 11) is 0. The smallest absolute Gasteiger partial charge is 0.331 e. The largest absolute Gasteiger partial charge is 0.457 e. The van der Waals surface area contributed by atoms with E-state index >= 15 is 0 Å². The van der Waals surface area contributed by atoms with E-state index in [2.05, 4.69) is 0 Å². The van der Waals surface area contributed by atoms with Crippen molar-refractivity contribution in [2.45, 2.75) is 79.1 Å². The molecule has 1 aromatic rings. The van der Waals surface area contributed by atoms with Gasteiger partial charge in [-0.2, -0.15) is 0 Å². The molecule has 0 amide bonds. The van der Waals surface area contributed by atoms with E-state index in [4.69, 9.17) is 14.2 Å².